The van der Waals surface area contributed by atoms with E-state index in [9.17, 15) is 5.11 Å². The Hall–Kier alpha value is -0.760. The van der Waals surface area contributed by atoms with Crippen molar-refractivity contribution in [1.82, 2.24) is 0 Å². The molecule has 0 spiro atoms. The number of rotatable bonds is 11. The van der Waals surface area contributed by atoms with Gasteiger partial charge in [-0.1, -0.05) is 39.0 Å². The summed E-state index contributed by atoms with van der Waals surface area (Å²) in [6, 6.07) is 0. The average Bonchev–Trinajstić information content (AvgIpc) is 3.54. The molecule has 0 aromatic carbocycles. The normalized spacial score (nSPS) is 34.8. The van der Waals surface area contributed by atoms with Gasteiger partial charge in [0.1, 0.15) is 12.2 Å². The maximum atomic E-state index is 10.7. The van der Waals surface area contributed by atoms with E-state index in [2.05, 4.69) is 13.8 Å². The molecule has 0 bridgehead atoms. The van der Waals surface area contributed by atoms with Gasteiger partial charge in [-0.15, -0.1) is 0 Å². The van der Waals surface area contributed by atoms with Crippen LogP contribution < -0.4 is 0 Å². The summed E-state index contributed by atoms with van der Waals surface area (Å²) in [5.74, 6) is 0.257. The van der Waals surface area contributed by atoms with Gasteiger partial charge < -0.3 is 28.8 Å². The zero-order chi connectivity index (χ0) is 21.6. The Morgan fingerprint density at radius 2 is 1.83 bits per heavy atom. The lowest BCUT2D eigenvalue weighted by molar-refractivity contribution is -0.205. The lowest BCUT2D eigenvalue weighted by Crippen LogP contribution is -2.41. The highest BCUT2D eigenvalue weighted by Crippen LogP contribution is 2.37. The third-order valence-corrected chi connectivity index (χ3v) is 6.36. The molecule has 29 heavy (non-hydrogen) atoms. The van der Waals surface area contributed by atoms with Crippen LogP contribution >= 0.6 is 0 Å². The first-order chi connectivity index (χ1) is 13.9. The van der Waals surface area contributed by atoms with Gasteiger partial charge in [-0.25, -0.2) is 0 Å². The van der Waals surface area contributed by atoms with Crippen LogP contribution in [0.1, 0.15) is 47.0 Å². The topological polar surface area (TPSA) is 69.7 Å². The van der Waals surface area contributed by atoms with E-state index in [1.807, 2.05) is 32.1 Å². The van der Waals surface area contributed by atoms with Crippen LogP contribution in [-0.2, 0) is 23.7 Å². The molecule has 2 fully saturated rings. The van der Waals surface area contributed by atoms with Crippen LogP contribution in [-0.4, -0.2) is 69.3 Å². The maximum Gasteiger partial charge on any atom is 0.158 e. The molecular weight excluding hydrogens is 372 g/mol. The third-order valence-electron chi connectivity index (χ3n) is 6.36. The molecule has 9 atom stereocenters. The lowest BCUT2D eigenvalue weighted by atomic mass is 9.91. The Labute approximate surface area is 176 Å². The molecule has 6 heteroatoms. The van der Waals surface area contributed by atoms with Crippen molar-refractivity contribution in [3.05, 3.63) is 23.8 Å². The van der Waals surface area contributed by atoms with Crippen LogP contribution in [0.5, 0.6) is 0 Å². The van der Waals surface area contributed by atoms with Crippen LogP contribution in [0, 0.1) is 11.8 Å². The van der Waals surface area contributed by atoms with Crippen molar-refractivity contribution in [1.29, 1.82) is 0 Å². The standard InChI is InChI=1S/C23H40O6/c1-8-17(25-5)16(4)22-23(29-22)20(24)14(2)10-9-11-15(3)21-18(26-6)12-13-19(27-7)28-21/h9-11,14,16-24H,8,12-13H2,1-7H3/b10-9+,15-11+/t14-,16+,17-,18+,19+,20+,21+,22-,23-/m0/s1. The molecule has 2 aliphatic heterocycles. The second-order valence-electron chi connectivity index (χ2n) is 8.33. The highest BCUT2D eigenvalue weighted by Gasteiger charge is 2.50. The summed E-state index contributed by atoms with van der Waals surface area (Å²) in [6.07, 6.45) is 8.00. The number of hydrogen-bond acceptors (Lipinski definition) is 6. The molecule has 2 saturated heterocycles. The van der Waals surface area contributed by atoms with Crippen LogP contribution in [0.3, 0.4) is 0 Å². The molecule has 0 aromatic heterocycles. The predicted molar refractivity (Wildman–Crippen MR) is 113 cm³/mol. The predicted octanol–water partition coefficient (Wildman–Crippen LogP) is 3.48. The second kappa shape index (κ2) is 11.6. The minimum absolute atomic E-state index is 0.0129. The first-order valence-corrected chi connectivity index (χ1v) is 10.8. The van der Waals surface area contributed by atoms with E-state index in [-0.39, 0.29) is 48.6 Å². The molecule has 0 aliphatic carbocycles. The largest absolute Gasteiger partial charge is 0.390 e. The van der Waals surface area contributed by atoms with Crippen molar-refractivity contribution in [2.45, 2.75) is 89.9 Å². The number of allylic oxidation sites excluding steroid dienone is 2. The van der Waals surface area contributed by atoms with Gasteiger partial charge in [0, 0.05) is 39.6 Å². The smallest absolute Gasteiger partial charge is 0.158 e. The molecule has 0 saturated carbocycles. The van der Waals surface area contributed by atoms with E-state index in [4.69, 9.17) is 23.7 Å². The zero-order valence-electron chi connectivity index (χ0n) is 19.0. The van der Waals surface area contributed by atoms with E-state index in [0.29, 0.717) is 0 Å². The van der Waals surface area contributed by atoms with E-state index < -0.39 is 6.10 Å². The first kappa shape index (κ1) is 24.5. The molecular formula is C23H40O6. The van der Waals surface area contributed by atoms with Crippen molar-refractivity contribution in [2.75, 3.05) is 21.3 Å². The third kappa shape index (κ3) is 6.36. The SMILES string of the molecule is CC[C@H](OC)[C@@H](C)[C@@H]1O[C@H]1[C@H](O)[C@@H](C)/C=C/C=C(\C)[C@H]1O[C@@H](OC)CC[C@H]1OC. The summed E-state index contributed by atoms with van der Waals surface area (Å²) in [5.41, 5.74) is 1.08. The van der Waals surface area contributed by atoms with Gasteiger partial charge in [0.15, 0.2) is 6.29 Å². The fraction of sp³-hybridized carbons (Fsp3) is 0.826. The summed E-state index contributed by atoms with van der Waals surface area (Å²) in [7, 11) is 5.12. The Bertz CT molecular complexity index is 543. The minimum atomic E-state index is -0.530. The molecule has 168 valence electrons. The van der Waals surface area contributed by atoms with Gasteiger partial charge in [-0.2, -0.15) is 0 Å². The van der Waals surface area contributed by atoms with Crippen LogP contribution in [0.4, 0.5) is 0 Å². The molecule has 2 aliphatic rings. The minimum Gasteiger partial charge on any atom is -0.390 e. The Kier molecular flexibility index (Phi) is 9.79. The Morgan fingerprint density at radius 1 is 1.10 bits per heavy atom. The molecule has 1 N–H and O–H groups in total. The first-order valence-electron chi connectivity index (χ1n) is 10.8. The van der Waals surface area contributed by atoms with Gasteiger partial charge in [-0.05, 0) is 25.3 Å². The molecule has 2 heterocycles. The van der Waals surface area contributed by atoms with Crippen molar-refractivity contribution in [2.24, 2.45) is 11.8 Å². The molecule has 0 aromatic rings. The summed E-state index contributed by atoms with van der Waals surface area (Å²) in [5, 5.41) is 10.7. The summed E-state index contributed by atoms with van der Waals surface area (Å²) in [4.78, 5) is 0. The number of methoxy groups -OCH3 is 3. The maximum absolute atomic E-state index is 10.7. The van der Waals surface area contributed by atoms with Gasteiger partial charge >= 0.3 is 0 Å². The van der Waals surface area contributed by atoms with E-state index in [1.54, 1.807) is 21.3 Å². The van der Waals surface area contributed by atoms with Crippen molar-refractivity contribution < 1.29 is 28.8 Å². The van der Waals surface area contributed by atoms with Crippen molar-refractivity contribution >= 4 is 0 Å². The van der Waals surface area contributed by atoms with Crippen molar-refractivity contribution in [3.63, 3.8) is 0 Å². The van der Waals surface area contributed by atoms with Crippen LogP contribution in [0.2, 0.25) is 0 Å². The zero-order valence-corrected chi connectivity index (χ0v) is 19.0. The summed E-state index contributed by atoms with van der Waals surface area (Å²) >= 11 is 0. The number of epoxide rings is 1. The van der Waals surface area contributed by atoms with E-state index >= 15 is 0 Å². The number of hydrogen-bond donors (Lipinski definition) is 1. The van der Waals surface area contributed by atoms with E-state index in [0.717, 1.165) is 24.8 Å². The Morgan fingerprint density at radius 3 is 2.41 bits per heavy atom. The number of ether oxygens (including phenoxy) is 5. The fourth-order valence-corrected chi connectivity index (χ4v) is 4.28. The lowest BCUT2D eigenvalue weighted by Gasteiger charge is -2.35. The molecule has 0 unspecified atom stereocenters. The molecule has 0 radical (unpaired) electrons. The Balaban J connectivity index is 1.90. The number of aliphatic hydroxyl groups is 1. The highest BCUT2D eigenvalue weighted by molar-refractivity contribution is 5.18. The average molecular weight is 413 g/mol. The van der Waals surface area contributed by atoms with Crippen LogP contribution in [0.25, 0.3) is 0 Å². The van der Waals surface area contributed by atoms with Gasteiger partial charge in [0.2, 0.25) is 0 Å². The fourth-order valence-electron chi connectivity index (χ4n) is 4.28. The molecule has 6 nitrogen and oxygen atoms in total. The van der Waals surface area contributed by atoms with Crippen molar-refractivity contribution in [3.8, 4) is 0 Å². The highest BCUT2D eigenvalue weighted by atomic mass is 16.7. The summed E-state index contributed by atoms with van der Waals surface area (Å²) < 4.78 is 28.3. The van der Waals surface area contributed by atoms with Gasteiger partial charge in [-0.3, -0.25) is 0 Å². The molecule has 0 amide bonds. The molecule has 2 rings (SSSR count). The number of aliphatic hydroxyl groups excluding tert-OH is 1. The second-order valence-corrected chi connectivity index (χ2v) is 8.33. The van der Waals surface area contributed by atoms with E-state index in [1.165, 1.54) is 0 Å². The van der Waals surface area contributed by atoms with Gasteiger partial charge in [0.25, 0.3) is 0 Å². The monoisotopic (exact) mass is 412 g/mol. The van der Waals surface area contributed by atoms with Gasteiger partial charge in [0.05, 0.1) is 24.4 Å². The summed E-state index contributed by atoms with van der Waals surface area (Å²) in [6.45, 7) is 8.29. The van der Waals surface area contributed by atoms with Crippen LogP contribution in [0.15, 0.2) is 23.8 Å². The quantitative estimate of drug-likeness (QED) is 0.414.